The van der Waals surface area contributed by atoms with Gasteiger partial charge in [0, 0.05) is 25.9 Å². The summed E-state index contributed by atoms with van der Waals surface area (Å²) < 4.78 is 9.56. The highest BCUT2D eigenvalue weighted by molar-refractivity contribution is 5.99. The molecular weight excluding hydrogens is 260 g/mol. The Morgan fingerprint density at radius 1 is 1.20 bits per heavy atom. The van der Waals surface area contributed by atoms with Gasteiger partial charge in [0.15, 0.2) is 0 Å². The molecule has 2 N–H and O–H groups in total. The summed E-state index contributed by atoms with van der Waals surface area (Å²) in [6.07, 6.45) is 0.138. The first-order chi connectivity index (χ1) is 9.60. The van der Waals surface area contributed by atoms with E-state index in [0.29, 0.717) is 24.4 Å². The first-order valence-corrected chi connectivity index (χ1v) is 6.29. The number of methoxy groups -OCH3 is 2. The van der Waals surface area contributed by atoms with Gasteiger partial charge >= 0.3 is 5.97 Å². The van der Waals surface area contributed by atoms with E-state index < -0.39 is 0 Å². The molecule has 0 heterocycles. The van der Waals surface area contributed by atoms with E-state index in [0.717, 1.165) is 0 Å². The van der Waals surface area contributed by atoms with Gasteiger partial charge in [0.25, 0.3) is 5.91 Å². The van der Waals surface area contributed by atoms with E-state index in [9.17, 15) is 9.59 Å². The van der Waals surface area contributed by atoms with Gasteiger partial charge in [-0.15, -0.1) is 0 Å². The summed E-state index contributed by atoms with van der Waals surface area (Å²) in [5.74, 6) is -0.578. The maximum atomic E-state index is 12.4. The van der Waals surface area contributed by atoms with Gasteiger partial charge in [0.2, 0.25) is 0 Å². The van der Waals surface area contributed by atoms with Gasteiger partial charge in [0.1, 0.15) is 0 Å². The molecule has 1 amide bonds. The third kappa shape index (κ3) is 4.55. The number of para-hydroxylation sites is 1. The Hall–Kier alpha value is -2.08. The van der Waals surface area contributed by atoms with Crippen LogP contribution in [0.2, 0.25) is 0 Å². The van der Waals surface area contributed by atoms with Crippen molar-refractivity contribution >= 4 is 17.6 Å². The molecule has 6 nitrogen and oxygen atoms in total. The zero-order valence-electron chi connectivity index (χ0n) is 11.8. The van der Waals surface area contributed by atoms with Gasteiger partial charge in [0.05, 0.1) is 25.7 Å². The van der Waals surface area contributed by atoms with Crippen LogP contribution in [0.5, 0.6) is 0 Å². The molecular formula is C14H20N2O4. The van der Waals surface area contributed by atoms with Crippen molar-refractivity contribution in [3.63, 3.8) is 0 Å². The van der Waals surface area contributed by atoms with Crippen LogP contribution < -0.4 is 5.73 Å². The van der Waals surface area contributed by atoms with E-state index in [4.69, 9.17) is 10.5 Å². The van der Waals surface area contributed by atoms with Crippen molar-refractivity contribution in [3.05, 3.63) is 29.8 Å². The number of anilines is 1. The average Bonchev–Trinajstić information content (AvgIpc) is 2.47. The Balaban J connectivity index is 2.78. The minimum Gasteiger partial charge on any atom is -0.469 e. The normalized spacial score (nSPS) is 10.1. The maximum absolute atomic E-state index is 12.4. The summed E-state index contributed by atoms with van der Waals surface area (Å²) in [5.41, 5.74) is 6.64. The molecule has 0 radical (unpaired) electrons. The summed E-state index contributed by atoms with van der Waals surface area (Å²) in [7, 11) is 2.87. The summed E-state index contributed by atoms with van der Waals surface area (Å²) in [5, 5.41) is 0. The second-order valence-electron chi connectivity index (χ2n) is 4.20. The second-order valence-corrected chi connectivity index (χ2v) is 4.20. The molecule has 0 aromatic heterocycles. The first-order valence-electron chi connectivity index (χ1n) is 6.29. The number of hydrogen-bond acceptors (Lipinski definition) is 5. The van der Waals surface area contributed by atoms with Gasteiger partial charge in [-0.25, -0.2) is 0 Å². The Bertz CT molecular complexity index is 462. The lowest BCUT2D eigenvalue weighted by Gasteiger charge is -2.22. The number of carbonyl (C=O) groups is 2. The topological polar surface area (TPSA) is 81.9 Å². The molecule has 1 aromatic carbocycles. The fourth-order valence-corrected chi connectivity index (χ4v) is 1.71. The lowest BCUT2D eigenvalue weighted by Crippen LogP contribution is -2.36. The third-order valence-electron chi connectivity index (χ3n) is 2.86. The number of rotatable bonds is 7. The molecule has 0 saturated carbocycles. The summed E-state index contributed by atoms with van der Waals surface area (Å²) in [6.45, 7) is 1.05. The maximum Gasteiger partial charge on any atom is 0.307 e. The lowest BCUT2D eigenvalue weighted by atomic mass is 10.1. The number of nitrogens with two attached hydrogens (primary N) is 1. The van der Waals surface area contributed by atoms with Crippen LogP contribution in [0.3, 0.4) is 0 Å². The fourth-order valence-electron chi connectivity index (χ4n) is 1.71. The Labute approximate surface area is 118 Å². The molecule has 0 bridgehead atoms. The molecule has 6 heteroatoms. The van der Waals surface area contributed by atoms with Crippen LogP contribution in [0.1, 0.15) is 16.8 Å². The van der Waals surface area contributed by atoms with Crippen molar-refractivity contribution in [3.8, 4) is 0 Å². The number of esters is 1. The van der Waals surface area contributed by atoms with Crippen LogP contribution in [0.25, 0.3) is 0 Å². The van der Waals surface area contributed by atoms with Gasteiger partial charge in [-0.05, 0) is 12.1 Å². The summed E-state index contributed by atoms with van der Waals surface area (Å²) in [6, 6.07) is 6.84. The molecule has 0 atom stereocenters. The van der Waals surface area contributed by atoms with Crippen LogP contribution in [0, 0.1) is 0 Å². The molecule has 0 aliphatic rings. The highest BCUT2D eigenvalue weighted by Gasteiger charge is 2.18. The van der Waals surface area contributed by atoms with Crippen LogP contribution in [0.4, 0.5) is 5.69 Å². The number of hydrogen-bond donors (Lipinski definition) is 1. The number of amides is 1. The molecule has 0 unspecified atom stereocenters. The van der Waals surface area contributed by atoms with E-state index in [-0.39, 0.29) is 24.8 Å². The van der Waals surface area contributed by atoms with Crippen LogP contribution in [-0.2, 0) is 14.3 Å². The zero-order chi connectivity index (χ0) is 15.0. The minimum atomic E-state index is -0.360. The Morgan fingerprint density at radius 2 is 1.90 bits per heavy atom. The van der Waals surface area contributed by atoms with Crippen molar-refractivity contribution < 1.29 is 19.1 Å². The van der Waals surface area contributed by atoms with Gasteiger partial charge in [-0.3, -0.25) is 9.59 Å². The number of nitrogen functional groups attached to an aromatic ring is 1. The molecule has 1 rings (SSSR count). The van der Waals surface area contributed by atoms with Gasteiger partial charge in [-0.1, -0.05) is 12.1 Å². The quantitative estimate of drug-likeness (QED) is 0.593. The molecule has 110 valence electrons. The van der Waals surface area contributed by atoms with Crippen molar-refractivity contribution in [1.82, 2.24) is 4.90 Å². The fraction of sp³-hybridized carbons (Fsp3) is 0.429. The van der Waals surface area contributed by atoms with Crippen LogP contribution in [0.15, 0.2) is 24.3 Å². The lowest BCUT2D eigenvalue weighted by molar-refractivity contribution is -0.140. The highest BCUT2D eigenvalue weighted by atomic mass is 16.5. The summed E-state index contributed by atoms with van der Waals surface area (Å²) >= 11 is 0. The molecule has 1 aromatic rings. The molecule has 0 saturated heterocycles. The number of ether oxygens (including phenoxy) is 2. The SMILES string of the molecule is COCCN(CCC(=O)OC)C(=O)c1ccccc1N. The van der Waals surface area contributed by atoms with E-state index in [1.807, 2.05) is 0 Å². The Morgan fingerprint density at radius 3 is 2.50 bits per heavy atom. The van der Waals surface area contributed by atoms with Crippen molar-refractivity contribution in [1.29, 1.82) is 0 Å². The highest BCUT2D eigenvalue weighted by Crippen LogP contribution is 2.13. The van der Waals surface area contributed by atoms with Crippen LogP contribution in [-0.4, -0.2) is 50.7 Å². The predicted molar refractivity (Wildman–Crippen MR) is 75.3 cm³/mol. The van der Waals surface area contributed by atoms with E-state index in [1.165, 1.54) is 12.0 Å². The molecule has 0 fully saturated rings. The largest absolute Gasteiger partial charge is 0.469 e. The molecule has 0 aliphatic heterocycles. The number of nitrogens with zero attached hydrogens (tertiary/aromatic N) is 1. The summed E-state index contributed by atoms with van der Waals surface area (Å²) in [4.78, 5) is 25.1. The number of carbonyl (C=O) groups excluding carboxylic acids is 2. The van der Waals surface area contributed by atoms with Gasteiger partial charge in [-0.2, -0.15) is 0 Å². The van der Waals surface area contributed by atoms with Crippen LogP contribution >= 0.6 is 0 Å². The third-order valence-corrected chi connectivity index (χ3v) is 2.86. The average molecular weight is 280 g/mol. The molecule has 0 aliphatic carbocycles. The molecule has 0 spiro atoms. The minimum absolute atomic E-state index is 0.138. The molecule has 20 heavy (non-hydrogen) atoms. The standard InChI is InChI=1S/C14H20N2O4/c1-19-10-9-16(8-7-13(17)20-2)14(18)11-5-3-4-6-12(11)15/h3-6H,7-10,15H2,1-2H3. The van der Waals surface area contributed by atoms with E-state index >= 15 is 0 Å². The van der Waals surface area contributed by atoms with Crippen molar-refractivity contribution in [2.75, 3.05) is 39.6 Å². The van der Waals surface area contributed by atoms with Gasteiger partial charge < -0.3 is 20.1 Å². The van der Waals surface area contributed by atoms with E-state index in [2.05, 4.69) is 4.74 Å². The van der Waals surface area contributed by atoms with Crippen molar-refractivity contribution in [2.24, 2.45) is 0 Å². The van der Waals surface area contributed by atoms with E-state index in [1.54, 1.807) is 31.4 Å². The number of benzene rings is 1. The first kappa shape index (κ1) is 16.0. The second kappa shape index (κ2) is 8.16. The smallest absolute Gasteiger partial charge is 0.307 e. The monoisotopic (exact) mass is 280 g/mol. The van der Waals surface area contributed by atoms with Crippen molar-refractivity contribution in [2.45, 2.75) is 6.42 Å². The Kier molecular flexibility index (Phi) is 6.52. The zero-order valence-corrected chi connectivity index (χ0v) is 11.8. The predicted octanol–water partition coefficient (Wildman–Crippen LogP) is 0.920.